The molecule has 1 unspecified atom stereocenters. The number of amides is 1. The predicted molar refractivity (Wildman–Crippen MR) is 97.7 cm³/mol. The maximum Gasteiger partial charge on any atom is 0.277 e. The Balaban J connectivity index is 0.00000288. The fraction of sp³-hybridized carbons (Fsp3) is 0.706. The lowest BCUT2D eigenvalue weighted by Crippen LogP contribution is -2.47. The number of aromatic amines is 1. The number of carbonyl (C=O) groups is 1. The van der Waals surface area contributed by atoms with Crippen molar-refractivity contribution >= 4 is 18.3 Å². The van der Waals surface area contributed by atoms with Crippen LogP contribution in [0.4, 0.5) is 0 Å². The van der Waals surface area contributed by atoms with Crippen LogP contribution in [-0.4, -0.2) is 28.7 Å². The van der Waals surface area contributed by atoms with Gasteiger partial charge >= 0.3 is 0 Å². The highest BCUT2D eigenvalue weighted by molar-refractivity contribution is 5.95. The summed E-state index contributed by atoms with van der Waals surface area (Å²) >= 11 is 0. The van der Waals surface area contributed by atoms with Crippen LogP contribution in [0.1, 0.15) is 67.6 Å². The highest BCUT2D eigenvalue weighted by Crippen LogP contribution is 2.26. The molecule has 6 nitrogen and oxygen atoms in total. The zero-order valence-corrected chi connectivity index (χ0v) is 15.4. The molecule has 0 radical (unpaired) electrons. The molecule has 2 rings (SSSR count). The van der Waals surface area contributed by atoms with E-state index in [1.54, 1.807) is 0 Å². The van der Waals surface area contributed by atoms with Crippen LogP contribution in [0.25, 0.3) is 0 Å². The van der Waals surface area contributed by atoms with Crippen LogP contribution < -0.4 is 16.6 Å². The lowest BCUT2D eigenvalue weighted by atomic mass is 9.83. The number of nitrogens with one attached hydrogen (secondary N) is 2. The lowest BCUT2D eigenvalue weighted by molar-refractivity contribution is 0.0912. The van der Waals surface area contributed by atoms with Gasteiger partial charge in [0.15, 0.2) is 0 Å². The monoisotopic (exact) mass is 356 g/mol. The first kappa shape index (κ1) is 20.6. The number of carbonyl (C=O) groups excluding carboxylic acids is 1. The zero-order valence-electron chi connectivity index (χ0n) is 14.6. The Morgan fingerprint density at radius 2 is 1.96 bits per heavy atom. The van der Waals surface area contributed by atoms with Crippen LogP contribution in [-0.2, 0) is 12.8 Å². The Morgan fingerprint density at radius 1 is 1.29 bits per heavy atom. The smallest absolute Gasteiger partial charge is 0.277 e. The largest absolute Gasteiger partial charge is 0.348 e. The highest BCUT2D eigenvalue weighted by atomic mass is 35.5. The van der Waals surface area contributed by atoms with Gasteiger partial charge in [0.25, 0.3) is 11.5 Å². The average molecular weight is 357 g/mol. The molecule has 0 saturated heterocycles. The number of aromatic nitrogens is 2. The third-order valence-electron chi connectivity index (χ3n) is 4.87. The standard InChI is InChI=1S/C17H28N4O2.ClH/c1-3-12-13(4-2)20-21-17(23)15(12)16(22)19-14(10-18)11-8-6-5-7-9-11;/h11,14H,3-10,18H2,1-2H3,(H,19,22)(H,21,23);1H. The van der Waals surface area contributed by atoms with Gasteiger partial charge < -0.3 is 11.1 Å². The van der Waals surface area contributed by atoms with Crippen LogP contribution in [0, 0.1) is 5.92 Å². The molecule has 0 spiro atoms. The van der Waals surface area contributed by atoms with Crippen molar-refractivity contribution in [2.75, 3.05) is 6.54 Å². The summed E-state index contributed by atoms with van der Waals surface area (Å²) in [4.78, 5) is 24.9. The summed E-state index contributed by atoms with van der Waals surface area (Å²) in [6.07, 6.45) is 7.11. The molecular formula is C17H29ClN4O2. The van der Waals surface area contributed by atoms with E-state index in [1.165, 1.54) is 19.3 Å². The summed E-state index contributed by atoms with van der Waals surface area (Å²) in [6, 6.07) is -0.0647. The van der Waals surface area contributed by atoms with E-state index in [1.807, 2.05) is 13.8 Å². The Bertz CT molecular complexity index is 597. The Morgan fingerprint density at radius 3 is 2.50 bits per heavy atom. The number of hydrogen-bond donors (Lipinski definition) is 3. The average Bonchev–Trinajstić information content (AvgIpc) is 2.59. The van der Waals surface area contributed by atoms with Gasteiger partial charge in [-0.2, -0.15) is 5.10 Å². The molecule has 1 amide bonds. The van der Waals surface area contributed by atoms with E-state index >= 15 is 0 Å². The molecule has 24 heavy (non-hydrogen) atoms. The van der Waals surface area contributed by atoms with Crippen molar-refractivity contribution in [3.63, 3.8) is 0 Å². The van der Waals surface area contributed by atoms with Gasteiger partial charge in [-0.1, -0.05) is 33.1 Å². The highest BCUT2D eigenvalue weighted by Gasteiger charge is 2.26. The SMILES string of the molecule is CCc1n[nH]c(=O)c(C(=O)NC(CN)C2CCCCC2)c1CC.Cl. The molecule has 1 heterocycles. The number of nitrogens with two attached hydrogens (primary N) is 1. The minimum Gasteiger partial charge on any atom is -0.348 e. The number of hydrogen-bond acceptors (Lipinski definition) is 4. The van der Waals surface area contributed by atoms with Crippen molar-refractivity contribution in [3.05, 3.63) is 27.2 Å². The second-order valence-corrected chi connectivity index (χ2v) is 6.27. The van der Waals surface area contributed by atoms with Gasteiger partial charge in [-0.05, 0) is 37.2 Å². The summed E-state index contributed by atoms with van der Waals surface area (Å²) in [7, 11) is 0. The van der Waals surface area contributed by atoms with Gasteiger partial charge in [-0.15, -0.1) is 12.4 Å². The van der Waals surface area contributed by atoms with Crippen molar-refractivity contribution < 1.29 is 4.79 Å². The molecule has 1 atom stereocenters. The Labute approximate surface area is 149 Å². The van der Waals surface area contributed by atoms with Gasteiger partial charge in [0, 0.05) is 12.6 Å². The van der Waals surface area contributed by atoms with Gasteiger partial charge in [0.2, 0.25) is 0 Å². The molecule has 1 aliphatic rings. The summed E-state index contributed by atoms with van der Waals surface area (Å²) in [6.45, 7) is 4.31. The number of aryl methyl sites for hydroxylation is 1. The second-order valence-electron chi connectivity index (χ2n) is 6.27. The minimum atomic E-state index is -0.420. The van der Waals surface area contributed by atoms with E-state index in [4.69, 9.17) is 5.73 Å². The van der Waals surface area contributed by atoms with E-state index in [9.17, 15) is 9.59 Å². The van der Waals surface area contributed by atoms with Crippen LogP contribution in [0.3, 0.4) is 0 Å². The van der Waals surface area contributed by atoms with Crippen LogP contribution in [0.5, 0.6) is 0 Å². The second kappa shape index (κ2) is 9.79. The number of H-pyrrole nitrogens is 1. The van der Waals surface area contributed by atoms with E-state index in [2.05, 4.69) is 15.5 Å². The summed E-state index contributed by atoms with van der Waals surface area (Å²) in [5.74, 6) is 0.0931. The van der Waals surface area contributed by atoms with Crippen molar-refractivity contribution in [1.82, 2.24) is 15.5 Å². The maximum atomic E-state index is 12.7. The Kier molecular flexibility index (Phi) is 8.42. The molecule has 136 valence electrons. The molecule has 4 N–H and O–H groups in total. The van der Waals surface area contributed by atoms with E-state index in [0.717, 1.165) is 24.1 Å². The topological polar surface area (TPSA) is 101 Å². The van der Waals surface area contributed by atoms with Crippen LogP contribution >= 0.6 is 12.4 Å². The molecule has 0 aliphatic heterocycles. The molecular weight excluding hydrogens is 328 g/mol. The lowest BCUT2D eigenvalue weighted by Gasteiger charge is -2.30. The molecule has 1 saturated carbocycles. The molecule has 0 aromatic carbocycles. The molecule has 1 aromatic rings. The van der Waals surface area contributed by atoms with Gasteiger partial charge in [-0.25, -0.2) is 5.10 Å². The quantitative estimate of drug-likeness (QED) is 0.725. The number of nitrogens with zero attached hydrogens (tertiary/aromatic N) is 1. The predicted octanol–water partition coefficient (Wildman–Crippen LogP) is 1.95. The van der Waals surface area contributed by atoms with Crippen LogP contribution in [0.2, 0.25) is 0 Å². The molecule has 1 aromatic heterocycles. The Hall–Kier alpha value is -1.40. The fourth-order valence-electron chi connectivity index (χ4n) is 3.58. The fourth-order valence-corrected chi connectivity index (χ4v) is 3.58. The molecule has 0 bridgehead atoms. The van der Waals surface area contributed by atoms with Crippen molar-refractivity contribution in [3.8, 4) is 0 Å². The summed E-state index contributed by atoms with van der Waals surface area (Å²) in [5, 5.41) is 9.51. The minimum absolute atomic E-state index is 0. The first-order valence-electron chi connectivity index (χ1n) is 8.73. The third-order valence-corrected chi connectivity index (χ3v) is 4.87. The summed E-state index contributed by atoms with van der Waals surface area (Å²) < 4.78 is 0. The van der Waals surface area contributed by atoms with E-state index < -0.39 is 5.56 Å². The van der Waals surface area contributed by atoms with Crippen LogP contribution in [0.15, 0.2) is 4.79 Å². The van der Waals surface area contributed by atoms with Crippen molar-refractivity contribution in [1.29, 1.82) is 0 Å². The zero-order chi connectivity index (χ0) is 16.8. The molecule has 1 fully saturated rings. The molecule has 7 heteroatoms. The van der Waals surface area contributed by atoms with Gasteiger partial charge in [0.1, 0.15) is 5.56 Å². The van der Waals surface area contributed by atoms with Gasteiger partial charge in [-0.3, -0.25) is 9.59 Å². The maximum absolute atomic E-state index is 12.7. The third kappa shape index (κ3) is 4.57. The van der Waals surface area contributed by atoms with E-state index in [0.29, 0.717) is 25.3 Å². The first-order valence-corrected chi connectivity index (χ1v) is 8.73. The number of halogens is 1. The molecule has 1 aliphatic carbocycles. The van der Waals surface area contributed by atoms with Gasteiger partial charge in [0.05, 0.1) is 5.69 Å². The number of rotatable bonds is 6. The van der Waals surface area contributed by atoms with Crippen molar-refractivity contribution in [2.24, 2.45) is 11.7 Å². The first-order chi connectivity index (χ1) is 11.1. The van der Waals surface area contributed by atoms with E-state index in [-0.39, 0.29) is 29.9 Å². The summed E-state index contributed by atoms with van der Waals surface area (Å²) in [5.41, 5.74) is 7.18. The normalized spacial score (nSPS) is 16.3. The van der Waals surface area contributed by atoms with Crippen molar-refractivity contribution in [2.45, 2.75) is 64.8 Å².